The summed E-state index contributed by atoms with van der Waals surface area (Å²) in [6.45, 7) is 0.500. The molecule has 4 rings (SSSR count). The van der Waals surface area contributed by atoms with Crippen LogP contribution in [0.25, 0.3) is 0 Å². The molecule has 1 amide bonds. The Labute approximate surface area is 167 Å². The van der Waals surface area contributed by atoms with Crippen LogP contribution in [0.3, 0.4) is 0 Å². The third-order valence-corrected chi connectivity index (χ3v) is 5.46. The topological polar surface area (TPSA) is 50.4 Å². The van der Waals surface area contributed by atoms with Gasteiger partial charge in [0.15, 0.2) is 0 Å². The van der Waals surface area contributed by atoms with E-state index in [0.29, 0.717) is 31.0 Å². The Hall–Kier alpha value is -2.04. The van der Waals surface area contributed by atoms with Crippen LogP contribution in [-0.4, -0.2) is 18.0 Å². The second kappa shape index (κ2) is 9.25. The molecule has 2 atom stereocenters. The summed E-state index contributed by atoms with van der Waals surface area (Å²) in [5.41, 5.74) is 0.995. The fourth-order valence-electron chi connectivity index (χ4n) is 4.23. The zero-order valence-corrected chi connectivity index (χ0v) is 16.2. The molecule has 5 heteroatoms. The van der Waals surface area contributed by atoms with E-state index in [1.54, 1.807) is 0 Å². The molecule has 27 heavy (non-hydrogen) atoms. The average molecular weight is 387 g/mol. The van der Waals surface area contributed by atoms with Crippen molar-refractivity contribution in [3.05, 3.63) is 60.2 Å². The summed E-state index contributed by atoms with van der Waals surface area (Å²) in [6.07, 6.45) is 5.45. The first-order chi connectivity index (χ1) is 12.8. The molecule has 2 unspecified atom stereocenters. The number of rotatable bonds is 6. The Morgan fingerprint density at radius 1 is 1.00 bits per heavy atom. The third-order valence-electron chi connectivity index (χ3n) is 5.46. The van der Waals surface area contributed by atoms with Crippen molar-refractivity contribution in [2.24, 2.45) is 5.92 Å². The van der Waals surface area contributed by atoms with Crippen LogP contribution >= 0.6 is 12.4 Å². The Morgan fingerprint density at radius 3 is 2.41 bits per heavy atom. The maximum atomic E-state index is 12.4. The van der Waals surface area contributed by atoms with E-state index in [2.05, 4.69) is 10.6 Å². The SMILES string of the molecule is Cl.O=C(CC1CC2CCC(C1)N2)NCc1ccccc1Oc1ccccc1. The van der Waals surface area contributed by atoms with E-state index in [9.17, 15) is 4.79 Å². The number of para-hydroxylation sites is 2. The van der Waals surface area contributed by atoms with Gasteiger partial charge in [0.05, 0.1) is 0 Å². The zero-order chi connectivity index (χ0) is 17.8. The first kappa shape index (κ1) is 19.7. The Kier molecular flexibility index (Phi) is 6.75. The third kappa shape index (κ3) is 5.24. The smallest absolute Gasteiger partial charge is 0.220 e. The molecule has 0 saturated carbocycles. The Morgan fingerprint density at radius 2 is 1.67 bits per heavy atom. The van der Waals surface area contributed by atoms with E-state index in [4.69, 9.17) is 4.74 Å². The summed E-state index contributed by atoms with van der Waals surface area (Å²) in [6, 6.07) is 18.9. The number of fused-ring (bicyclic) bond motifs is 2. The minimum absolute atomic E-state index is 0. The lowest BCUT2D eigenvalue weighted by Crippen LogP contribution is -2.39. The lowest BCUT2D eigenvalue weighted by Gasteiger charge is -2.28. The molecule has 2 N–H and O–H groups in total. The molecule has 2 aromatic rings. The Bertz CT molecular complexity index is 741. The molecule has 0 aromatic heterocycles. The number of benzene rings is 2. The molecule has 4 nitrogen and oxygen atoms in total. The van der Waals surface area contributed by atoms with Crippen LogP contribution < -0.4 is 15.4 Å². The highest BCUT2D eigenvalue weighted by Gasteiger charge is 2.34. The molecular weight excluding hydrogens is 360 g/mol. The average Bonchev–Trinajstić information content (AvgIpc) is 3.00. The van der Waals surface area contributed by atoms with Crippen molar-refractivity contribution >= 4 is 18.3 Å². The lowest BCUT2D eigenvalue weighted by atomic mass is 9.89. The van der Waals surface area contributed by atoms with Crippen molar-refractivity contribution < 1.29 is 9.53 Å². The fourth-order valence-corrected chi connectivity index (χ4v) is 4.23. The van der Waals surface area contributed by atoms with Crippen molar-refractivity contribution in [1.82, 2.24) is 10.6 Å². The molecule has 144 valence electrons. The standard InChI is InChI=1S/C22H26N2O2.ClH/c25-22(14-16-12-18-10-11-19(13-16)24-18)23-15-17-6-4-5-9-21(17)26-20-7-2-1-3-8-20;/h1-9,16,18-19,24H,10-15H2,(H,23,25);1H. The molecule has 2 bridgehead atoms. The molecule has 2 heterocycles. The molecule has 2 aliphatic heterocycles. The second-order valence-electron chi connectivity index (χ2n) is 7.48. The van der Waals surface area contributed by atoms with Crippen LogP contribution in [0.15, 0.2) is 54.6 Å². The highest BCUT2D eigenvalue weighted by Crippen LogP contribution is 2.32. The van der Waals surface area contributed by atoms with Gasteiger partial charge in [-0.2, -0.15) is 0 Å². The molecule has 2 aromatic carbocycles. The summed E-state index contributed by atoms with van der Waals surface area (Å²) in [7, 11) is 0. The molecular formula is C22H27ClN2O2. The van der Waals surface area contributed by atoms with Crippen molar-refractivity contribution in [1.29, 1.82) is 0 Å². The summed E-state index contributed by atoms with van der Waals surface area (Å²) in [5, 5.41) is 6.72. The largest absolute Gasteiger partial charge is 0.457 e. The highest BCUT2D eigenvalue weighted by atomic mass is 35.5. The van der Waals surface area contributed by atoms with Crippen molar-refractivity contribution in [2.45, 2.75) is 50.7 Å². The first-order valence-corrected chi connectivity index (χ1v) is 9.60. The van der Waals surface area contributed by atoms with E-state index < -0.39 is 0 Å². The van der Waals surface area contributed by atoms with Crippen LogP contribution in [0, 0.1) is 5.92 Å². The predicted octanol–water partition coefficient (Wildman–Crippen LogP) is 4.44. The summed E-state index contributed by atoms with van der Waals surface area (Å²) < 4.78 is 5.97. The molecule has 0 spiro atoms. The zero-order valence-electron chi connectivity index (χ0n) is 15.4. The van der Waals surface area contributed by atoms with Gasteiger partial charge in [0.1, 0.15) is 11.5 Å². The normalized spacial score (nSPS) is 23.3. The van der Waals surface area contributed by atoms with E-state index in [0.717, 1.165) is 29.9 Å². The number of carbonyl (C=O) groups excluding carboxylic acids is 1. The number of carbonyl (C=O) groups is 1. The van der Waals surface area contributed by atoms with Crippen molar-refractivity contribution in [3.8, 4) is 11.5 Å². The lowest BCUT2D eigenvalue weighted by molar-refractivity contribution is -0.122. The molecule has 2 fully saturated rings. The van der Waals surface area contributed by atoms with Gasteiger partial charge in [-0.25, -0.2) is 0 Å². The summed E-state index contributed by atoms with van der Waals surface area (Å²) >= 11 is 0. The van der Waals surface area contributed by atoms with Gasteiger partial charge in [-0.3, -0.25) is 4.79 Å². The van der Waals surface area contributed by atoms with Crippen LogP contribution in [0.5, 0.6) is 11.5 Å². The number of hydrogen-bond acceptors (Lipinski definition) is 3. The van der Waals surface area contributed by atoms with Crippen LogP contribution in [0.1, 0.15) is 37.7 Å². The molecule has 0 aliphatic carbocycles. The number of halogens is 1. The Balaban J connectivity index is 0.00000210. The maximum Gasteiger partial charge on any atom is 0.220 e. The van der Waals surface area contributed by atoms with Gasteiger partial charge in [0, 0.05) is 30.6 Å². The predicted molar refractivity (Wildman–Crippen MR) is 109 cm³/mol. The number of hydrogen-bond donors (Lipinski definition) is 2. The van der Waals surface area contributed by atoms with E-state index in [-0.39, 0.29) is 18.3 Å². The molecule has 0 radical (unpaired) electrons. The van der Waals surface area contributed by atoms with Crippen LogP contribution in [0.4, 0.5) is 0 Å². The number of amides is 1. The highest BCUT2D eigenvalue weighted by molar-refractivity contribution is 5.85. The van der Waals surface area contributed by atoms with Gasteiger partial charge in [-0.1, -0.05) is 36.4 Å². The van der Waals surface area contributed by atoms with E-state index in [1.807, 2.05) is 54.6 Å². The van der Waals surface area contributed by atoms with Crippen LogP contribution in [-0.2, 0) is 11.3 Å². The van der Waals surface area contributed by atoms with Crippen molar-refractivity contribution in [2.75, 3.05) is 0 Å². The quantitative estimate of drug-likeness (QED) is 0.771. The summed E-state index contributed by atoms with van der Waals surface area (Å²) in [5.74, 6) is 2.26. The van der Waals surface area contributed by atoms with Gasteiger partial charge < -0.3 is 15.4 Å². The van der Waals surface area contributed by atoms with Crippen LogP contribution in [0.2, 0.25) is 0 Å². The van der Waals surface area contributed by atoms with Gasteiger partial charge >= 0.3 is 0 Å². The maximum absolute atomic E-state index is 12.4. The number of nitrogens with one attached hydrogen (secondary N) is 2. The monoisotopic (exact) mass is 386 g/mol. The van der Waals surface area contributed by atoms with Gasteiger partial charge in [-0.15, -0.1) is 12.4 Å². The van der Waals surface area contributed by atoms with Gasteiger partial charge in [0.2, 0.25) is 5.91 Å². The molecule has 2 saturated heterocycles. The van der Waals surface area contributed by atoms with Gasteiger partial charge in [-0.05, 0) is 49.8 Å². The van der Waals surface area contributed by atoms with E-state index >= 15 is 0 Å². The number of ether oxygens (including phenoxy) is 1. The van der Waals surface area contributed by atoms with E-state index in [1.165, 1.54) is 12.8 Å². The number of piperidine rings is 1. The minimum Gasteiger partial charge on any atom is -0.457 e. The second-order valence-corrected chi connectivity index (χ2v) is 7.48. The van der Waals surface area contributed by atoms with Gasteiger partial charge in [0.25, 0.3) is 0 Å². The van der Waals surface area contributed by atoms with Crippen molar-refractivity contribution in [3.63, 3.8) is 0 Å². The molecule has 2 aliphatic rings. The summed E-state index contributed by atoms with van der Waals surface area (Å²) in [4.78, 5) is 12.4. The minimum atomic E-state index is 0. The fraction of sp³-hybridized carbons (Fsp3) is 0.409. The first-order valence-electron chi connectivity index (χ1n) is 9.60.